The fraction of sp³-hybridized carbons (Fsp3) is 0.276. The van der Waals surface area contributed by atoms with Crippen molar-refractivity contribution in [2.75, 3.05) is 10.6 Å². The van der Waals surface area contributed by atoms with E-state index in [4.69, 9.17) is 0 Å². The summed E-state index contributed by atoms with van der Waals surface area (Å²) in [6.45, 7) is 5.25. The third kappa shape index (κ3) is 5.03. The van der Waals surface area contributed by atoms with Crippen molar-refractivity contribution in [3.63, 3.8) is 0 Å². The van der Waals surface area contributed by atoms with Crippen LogP contribution in [0.2, 0.25) is 0 Å². The molecular weight excluding hydrogens is 440 g/mol. The first-order valence-corrected chi connectivity index (χ1v) is 11.7. The molecule has 6 heteroatoms. The van der Waals surface area contributed by atoms with E-state index in [0.717, 1.165) is 11.1 Å². The summed E-state index contributed by atoms with van der Waals surface area (Å²) in [7, 11) is 0. The summed E-state index contributed by atoms with van der Waals surface area (Å²) in [6.07, 6.45) is -0.298. The fourth-order valence-electron chi connectivity index (χ4n) is 5.01. The van der Waals surface area contributed by atoms with Crippen molar-refractivity contribution in [2.45, 2.75) is 38.7 Å². The molecular formula is C29H30N2O4. The molecule has 0 unspecified atom stereocenters. The monoisotopic (exact) mass is 470 g/mol. The molecule has 3 aromatic rings. The minimum Gasteiger partial charge on any atom is -0.389 e. The van der Waals surface area contributed by atoms with E-state index in [1.165, 1.54) is 6.92 Å². The summed E-state index contributed by atoms with van der Waals surface area (Å²) in [5, 5.41) is 17.2. The van der Waals surface area contributed by atoms with Crippen molar-refractivity contribution >= 4 is 29.0 Å². The Balaban J connectivity index is 1.76. The van der Waals surface area contributed by atoms with Crippen LogP contribution in [-0.2, 0) is 14.4 Å². The molecule has 0 aliphatic heterocycles. The SMILES string of the molecule is Cc1ccccc1NC(=O)[C@@H]1C(=O)C[C@](C)(O)[C@H](C(=O)Nc2ccccc2C)[C@H]1c1ccccc1. The molecule has 0 bridgehead atoms. The highest BCUT2D eigenvalue weighted by atomic mass is 16.3. The van der Waals surface area contributed by atoms with Gasteiger partial charge in [0, 0.05) is 23.7 Å². The molecule has 1 fully saturated rings. The third-order valence-corrected chi connectivity index (χ3v) is 6.82. The Morgan fingerprint density at radius 1 is 0.800 bits per heavy atom. The number of benzene rings is 3. The average molecular weight is 471 g/mol. The number of amides is 2. The van der Waals surface area contributed by atoms with Gasteiger partial charge in [-0.3, -0.25) is 14.4 Å². The molecule has 180 valence electrons. The van der Waals surface area contributed by atoms with Crippen LogP contribution in [0.3, 0.4) is 0 Å². The molecule has 0 saturated heterocycles. The summed E-state index contributed by atoms with van der Waals surface area (Å²) in [5.74, 6) is -4.32. The second kappa shape index (κ2) is 9.84. The van der Waals surface area contributed by atoms with Gasteiger partial charge in [-0.1, -0.05) is 66.7 Å². The summed E-state index contributed by atoms with van der Waals surface area (Å²) in [4.78, 5) is 40.6. The second-order valence-corrected chi connectivity index (χ2v) is 9.50. The zero-order chi connectivity index (χ0) is 25.2. The predicted octanol–water partition coefficient (Wildman–Crippen LogP) is 4.62. The van der Waals surface area contributed by atoms with Gasteiger partial charge in [-0.25, -0.2) is 0 Å². The Labute approximate surface area is 205 Å². The first-order chi connectivity index (χ1) is 16.7. The minimum absolute atomic E-state index is 0.298. The van der Waals surface area contributed by atoms with Gasteiger partial charge in [0.05, 0.1) is 11.5 Å². The number of para-hydroxylation sites is 2. The first kappa shape index (κ1) is 24.4. The molecule has 0 aromatic heterocycles. The quantitative estimate of drug-likeness (QED) is 0.474. The topological polar surface area (TPSA) is 95.5 Å². The number of anilines is 2. The van der Waals surface area contributed by atoms with E-state index in [9.17, 15) is 19.5 Å². The van der Waals surface area contributed by atoms with Crippen molar-refractivity contribution < 1.29 is 19.5 Å². The summed E-state index contributed by atoms with van der Waals surface area (Å²) >= 11 is 0. The molecule has 1 aliphatic rings. The highest BCUT2D eigenvalue weighted by molar-refractivity contribution is 6.10. The summed E-state index contributed by atoms with van der Waals surface area (Å²) in [6, 6.07) is 23.7. The lowest BCUT2D eigenvalue weighted by molar-refractivity contribution is -0.150. The molecule has 0 heterocycles. The van der Waals surface area contributed by atoms with Crippen LogP contribution >= 0.6 is 0 Å². The highest BCUT2D eigenvalue weighted by Gasteiger charge is 2.55. The van der Waals surface area contributed by atoms with Crippen LogP contribution in [0.4, 0.5) is 11.4 Å². The number of hydrogen-bond acceptors (Lipinski definition) is 4. The molecule has 6 nitrogen and oxygen atoms in total. The van der Waals surface area contributed by atoms with E-state index in [-0.39, 0.29) is 6.42 Å². The van der Waals surface area contributed by atoms with Crippen LogP contribution in [0.15, 0.2) is 78.9 Å². The normalized spacial score (nSPS) is 24.0. The van der Waals surface area contributed by atoms with Crippen molar-refractivity contribution in [3.8, 4) is 0 Å². The lowest BCUT2D eigenvalue weighted by Gasteiger charge is -2.44. The van der Waals surface area contributed by atoms with Gasteiger partial charge in [0.1, 0.15) is 11.7 Å². The van der Waals surface area contributed by atoms with Crippen molar-refractivity contribution in [1.82, 2.24) is 0 Å². The van der Waals surface area contributed by atoms with Gasteiger partial charge in [0.15, 0.2) is 0 Å². The van der Waals surface area contributed by atoms with Crippen molar-refractivity contribution in [3.05, 3.63) is 95.6 Å². The fourth-order valence-corrected chi connectivity index (χ4v) is 5.01. The Kier molecular flexibility index (Phi) is 6.85. The Hall–Kier alpha value is -3.77. The Morgan fingerprint density at radius 3 is 1.83 bits per heavy atom. The van der Waals surface area contributed by atoms with Gasteiger partial charge in [0.2, 0.25) is 11.8 Å². The lowest BCUT2D eigenvalue weighted by Crippen LogP contribution is -2.56. The number of rotatable bonds is 5. The van der Waals surface area contributed by atoms with Crippen LogP contribution < -0.4 is 10.6 Å². The molecule has 3 N–H and O–H groups in total. The maximum absolute atomic E-state index is 13.7. The largest absolute Gasteiger partial charge is 0.389 e. The zero-order valence-corrected chi connectivity index (χ0v) is 20.1. The molecule has 4 rings (SSSR count). The van der Waals surface area contributed by atoms with Gasteiger partial charge in [0.25, 0.3) is 0 Å². The minimum atomic E-state index is -1.64. The van der Waals surface area contributed by atoms with Crippen LogP contribution in [-0.4, -0.2) is 28.3 Å². The van der Waals surface area contributed by atoms with Gasteiger partial charge in [-0.2, -0.15) is 0 Å². The van der Waals surface area contributed by atoms with Crippen molar-refractivity contribution in [1.29, 1.82) is 0 Å². The van der Waals surface area contributed by atoms with Gasteiger partial charge in [-0.15, -0.1) is 0 Å². The van der Waals surface area contributed by atoms with E-state index in [1.54, 1.807) is 36.4 Å². The number of aliphatic hydroxyl groups is 1. The number of ketones is 1. The molecule has 4 atom stereocenters. The molecule has 0 spiro atoms. The first-order valence-electron chi connectivity index (χ1n) is 11.7. The van der Waals surface area contributed by atoms with Gasteiger partial charge >= 0.3 is 0 Å². The van der Waals surface area contributed by atoms with Gasteiger partial charge < -0.3 is 15.7 Å². The molecule has 1 saturated carbocycles. The lowest BCUT2D eigenvalue weighted by atomic mass is 9.61. The average Bonchev–Trinajstić information content (AvgIpc) is 2.81. The second-order valence-electron chi connectivity index (χ2n) is 9.50. The van der Waals surface area contributed by atoms with E-state index in [2.05, 4.69) is 10.6 Å². The van der Waals surface area contributed by atoms with E-state index in [1.807, 2.05) is 56.3 Å². The van der Waals surface area contributed by atoms with Crippen LogP contribution in [0.5, 0.6) is 0 Å². The number of carbonyl (C=O) groups excluding carboxylic acids is 3. The standard InChI is InChI=1S/C29H30N2O4/c1-18-11-7-9-15-21(18)30-27(33)25-23(32)17-29(3,35)26(24(25)20-13-5-4-6-14-20)28(34)31-22-16-10-8-12-19(22)2/h4-16,24-26,35H,17H2,1-3H3,(H,30,33)(H,31,34)/t24-,25+,26-,29-/m0/s1. The number of nitrogens with one attached hydrogen (secondary N) is 2. The molecule has 35 heavy (non-hydrogen) atoms. The summed E-state index contributed by atoms with van der Waals surface area (Å²) < 4.78 is 0. The van der Waals surface area contributed by atoms with Crippen molar-refractivity contribution in [2.24, 2.45) is 11.8 Å². The maximum atomic E-state index is 13.7. The van der Waals surface area contributed by atoms with E-state index < -0.39 is 41.0 Å². The number of Topliss-reactive ketones (excluding diaryl/α,β-unsaturated/α-hetero) is 1. The number of hydrogen-bond donors (Lipinski definition) is 3. The van der Waals surface area contributed by atoms with E-state index >= 15 is 0 Å². The number of aryl methyl sites for hydroxylation is 2. The summed E-state index contributed by atoms with van der Waals surface area (Å²) in [5.41, 5.74) is 1.98. The maximum Gasteiger partial charge on any atom is 0.235 e. The number of carbonyl (C=O) groups is 3. The highest BCUT2D eigenvalue weighted by Crippen LogP contribution is 2.46. The predicted molar refractivity (Wildman–Crippen MR) is 136 cm³/mol. The van der Waals surface area contributed by atoms with Crippen LogP contribution in [0, 0.1) is 25.7 Å². The van der Waals surface area contributed by atoms with E-state index in [0.29, 0.717) is 16.9 Å². The molecule has 2 amide bonds. The van der Waals surface area contributed by atoms with Crippen LogP contribution in [0.1, 0.15) is 36.0 Å². The molecule has 3 aromatic carbocycles. The Bertz CT molecular complexity index is 1250. The molecule has 0 radical (unpaired) electrons. The smallest absolute Gasteiger partial charge is 0.235 e. The molecule has 1 aliphatic carbocycles. The Morgan fingerprint density at radius 2 is 1.29 bits per heavy atom. The zero-order valence-electron chi connectivity index (χ0n) is 20.1. The van der Waals surface area contributed by atoms with Crippen LogP contribution in [0.25, 0.3) is 0 Å². The van der Waals surface area contributed by atoms with Gasteiger partial charge in [-0.05, 0) is 49.6 Å². The third-order valence-electron chi connectivity index (χ3n) is 6.82.